The van der Waals surface area contributed by atoms with E-state index in [9.17, 15) is 4.79 Å². The fourth-order valence-corrected chi connectivity index (χ4v) is 4.05. The Bertz CT molecular complexity index is 778. The van der Waals surface area contributed by atoms with Gasteiger partial charge in [-0.15, -0.1) is 5.10 Å². The molecule has 3 heterocycles. The Labute approximate surface area is 148 Å². The fourth-order valence-electron chi connectivity index (χ4n) is 4.05. The SMILES string of the molecule is Cc1c(C(=O)N2CC(C)Cc3ccccc32)nnn1C1CCNCC1. The lowest BCUT2D eigenvalue weighted by molar-refractivity contribution is 0.0975. The molecule has 0 spiro atoms. The second-order valence-corrected chi connectivity index (χ2v) is 7.30. The van der Waals surface area contributed by atoms with Gasteiger partial charge in [-0.1, -0.05) is 30.3 Å². The Morgan fingerprint density at radius 1 is 1.24 bits per heavy atom. The summed E-state index contributed by atoms with van der Waals surface area (Å²) in [5.74, 6) is 0.412. The third-order valence-corrected chi connectivity index (χ3v) is 5.37. The fraction of sp³-hybridized carbons (Fsp3) is 0.526. The van der Waals surface area contributed by atoms with Gasteiger partial charge >= 0.3 is 0 Å². The van der Waals surface area contributed by atoms with E-state index in [4.69, 9.17) is 0 Å². The second kappa shape index (κ2) is 6.59. The topological polar surface area (TPSA) is 63.1 Å². The standard InChI is InChI=1S/C19H25N5O/c1-13-11-15-5-3-4-6-17(15)23(12-13)19(25)18-14(2)24(22-21-18)16-7-9-20-10-8-16/h3-6,13,16,20H,7-12H2,1-2H3. The Hall–Kier alpha value is -2.21. The van der Waals surface area contributed by atoms with Crippen LogP contribution in [-0.4, -0.2) is 40.5 Å². The zero-order valence-corrected chi connectivity index (χ0v) is 14.9. The number of rotatable bonds is 2. The van der Waals surface area contributed by atoms with Gasteiger partial charge in [-0.05, 0) is 56.8 Å². The normalized spacial score (nSPS) is 21.2. The Morgan fingerprint density at radius 2 is 2.00 bits per heavy atom. The van der Waals surface area contributed by atoms with E-state index in [1.807, 2.05) is 34.7 Å². The minimum Gasteiger partial charge on any atom is -0.317 e. The maximum atomic E-state index is 13.2. The van der Waals surface area contributed by atoms with Crippen LogP contribution in [0.4, 0.5) is 5.69 Å². The summed E-state index contributed by atoms with van der Waals surface area (Å²) >= 11 is 0. The average Bonchev–Trinajstić information content (AvgIpc) is 3.02. The average molecular weight is 339 g/mol. The minimum absolute atomic E-state index is 0.0308. The van der Waals surface area contributed by atoms with E-state index in [-0.39, 0.29) is 5.91 Å². The van der Waals surface area contributed by atoms with Crippen LogP contribution in [0.25, 0.3) is 0 Å². The largest absolute Gasteiger partial charge is 0.317 e. The van der Waals surface area contributed by atoms with Gasteiger partial charge in [-0.25, -0.2) is 4.68 Å². The lowest BCUT2D eigenvalue weighted by atomic mass is 9.93. The molecule has 25 heavy (non-hydrogen) atoms. The van der Waals surface area contributed by atoms with Crippen LogP contribution >= 0.6 is 0 Å². The summed E-state index contributed by atoms with van der Waals surface area (Å²) in [4.78, 5) is 15.1. The molecule has 2 aliphatic heterocycles. The van der Waals surface area contributed by atoms with Gasteiger partial charge in [0.15, 0.2) is 5.69 Å². The summed E-state index contributed by atoms with van der Waals surface area (Å²) < 4.78 is 1.95. The van der Waals surface area contributed by atoms with Crippen molar-refractivity contribution in [3.05, 3.63) is 41.2 Å². The predicted octanol–water partition coefficient (Wildman–Crippen LogP) is 2.35. The van der Waals surface area contributed by atoms with Crippen molar-refractivity contribution in [1.29, 1.82) is 0 Å². The number of nitrogens with zero attached hydrogens (tertiary/aromatic N) is 4. The van der Waals surface area contributed by atoms with Crippen LogP contribution in [0, 0.1) is 12.8 Å². The Morgan fingerprint density at radius 3 is 2.80 bits per heavy atom. The number of hydrogen-bond acceptors (Lipinski definition) is 4. The van der Waals surface area contributed by atoms with Crippen LogP contribution in [0.3, 0.4) is 0 Å². The molecule has 2 aliphatic rings. The summed E-state index contributed by atoms with van der Waals surface area (Å²) in [6.45, 7) is 6.87. The lowest BCUT2D eigenvalue weighted by Gasteiger charge is -2.32. The molecule has 1 fully saturated rings. The molecule has 1 aromatic carbocycles. The molecule has 1 atom stereocenters. The van der Waals surface area contributed by atoms with Crippen molar-refractivity contribution in [3.8, 4) is 0 Å². The number of nitrogens with one attached hydrogen (secondary N) is 1. The number of aromatic nitrogens is 3. The van der Waals surface area contributed by atoms with Crippen molar-refractivity contribution >= 4 is 11.6 Å². The number of fused-ring (bicyclic) bond motifs is 1. The quantitative estimate of drug-likeness (QED) is 0.912. The third-order valence-electron chi connectivity index (χ3n) is 5.37. The highest BCUT2D eigenvalue weighted by Gasteiger charge is 2.31. The molecule has 1 saturated heterocycles. The van der Waals surface area contributed by atoms with E-state index >= 15 is 0 Å². The molecule has 0 saturated carbocycles. The van der Waals surface area contributed by atoms with Gasteiger partial charge in [0.2, 0.25) is 0 Å². The first-order chi connectivity index (χ1) is 12.1. The van der Waals surface area contributed by atoms with Gasteiger partial charge in [0.05, 0.1) is 11.7 Å². The first-order valence-corrected chi connectivity index (χ1v) is 9.17. The number of piperidine rings is 1. The number of benzene rings is 1. The van der Waals surface area contributed by atoms with Crippen LogP contribution < -0.4 is 10.2 Å². The van der Waals surface area contributed by atoms with Crippen molar-refractivity contribution in [1.82, 2.24) is 20.3 Å². The number of carbonyl (C=O) groups is 1. The van der Waals surface area contributed by atoms with Gasteiger partial charge in [0, 0.05) is 12.2 Å². The number of amides is 1. The smallest absolute Gasteiger partial charge is 0.280 e. The summed E-state index contributed by atoms with van der Waals surface area (Å²) in [6, 6.07) is 8.52. The molecule has 0 radical (unpaired) electrons. The van der Waals surface area contributed by atoms with Gasteiger partial charge < -0.3 is 10.2 Å². The summed E-state index contributed by atoms with van der Waals surface area (Å²) in [5.41, 5.74) is 3.62. The number of hydrogen-bond donors (Lipinski definition) is 1. The van der Waals surface area contributed by atoms with Crippen molar-refractivity contribution < 1.29 is 4.79 Å². The van der Waals surface area contributed by atoms with Crippen molar-refractivity contribution in [2.75, 3.05) is 24.5 Å². The zero-order chi connectivity index (χ0) is 17.4. The summed E-state index contributed by atoms with van der Waals surface area (Å²) in [7, 11) is 0. The van der Waals surface area contributed by atoms with Gasteiger partial charge in [0.25, 0.3) is 5.91 Å². The number of para-hydroxylation sites is 1. The molecule has 6 heteroatoms. The maximum Gasteiger partial charge on any atom is 0.280 e. The molecule has 1 unspecified atom stereocenters. The number of anilines is 1. The third kappa shape index (κ3) is 2.95. The second-order valence-electron chi connectivity index (χ2n) is 7.30. The molecule has 1 N–H and O–H groups in total. The van der Waals surface area contributed by atoms with Gasteiger partial charge in [0.1, 0.15) is 0 Å². The van der Waals surface area contributed by atoms with Crippen LogP contribution in [-0.2, 0) is 6.42 Å². The molecule has 6 nitrogen and oxygen atoms in total. The molecule has 0 bridgehead atoms. The molecule has 0 aliphatic carbocycles. The van der Waals surface area contributed by atoms with E-state index in [1.165, 1.54) is 5.56 Å². The highest BCUT2D eigenvalue weighted by atomic mass is 16.2. The van der Waals surface area contributed by atoms with E-state index < -0.39 is 0 Å². The Balaban J connectivity index is 1.64. The molecule has 1 amide bonds. The molecule has 1 aromatic heterocycles. The Kier molecular flexibility index (Phi) is 4.29. The van der Waals surface area contributed by atoms with Crippen molar-refractivity contribution in [3.63, 3.8) is 0 Å². The maximum absolute atomic E-state index is 13.2. The van der Waals surface area contributed by atoms with Crippen molar-refractivity contribution in [2.45, 2.75) is 39.2 Å². The molecular weight excluding hydrogens is 314 g/mol. The van der Waals surface area contributed by atoms with Crippen LogP contribution in [0.2, 0.25) is 0 Å². The first kappa shape index (κ1) is 16.3. The highest BCUT2D eigenvalue weighted by Crippen LogP contribution is 2.31. The zero-order valence-electron chi connectivity index (χ0n) is 14.9. The molecular formula is C19H25N5O. The van der Waals surface area contributed by atoms with Crippen LogP contribution in [0.1, 0.15) is 47.6 Å². The summed E-state index contributed by atoms with van der Waals surface area (Å²) in [5, 5.41) is 12.0. The van der Waals surface area contributed by atoms with Crippen molar-refractivity contribution in [2.24, 2.45) is 5.92 Å². The lowest BCUT2D eigenvalue weighted by Crippen LogP contribution is -2.39. The molecule has 4 rings (SSSR count). The summed E-state index contributed by atoms with van der Waals surface area (Å²) in [6.07, 6.45) is 3.07. The van der Waals surface area contributed by atoms with Crippen LogP contribution in [0.5, 0.6) is 0 Å². The predicted molar refractivity (Wildman–Crippen MR) is 96.9 cm³/mol. The highest BCUT2D eigenvalue weighted by molar-refractivity contribution is 6.06. The number of carbonyl (C=O) groups excluding carboxylic acids is 1. The first-order valence-electron chi connectivity index (χ1n) is 9.17. The minimum atomic E-state index is -0.0308. The van der Waals surface area contributed by atoms with Gasteiger partial charge in [-0.3, -0.25) is 4.79 Å². The molecule has 2 aromatic rings. The molecule has 132 valence electrons. The van der Waals surface area contributed by atoms with E-state index in [2.05, 4.69) is 28.6 Å². The van der Waals surface area contributed by atoms with E-state index in [0.717, 1.165) is 50.3 Å². The van der Waals surface area contributed by atoms with Gasteiger partial charge in [-0.2, -0.15) is 0 Å². The van der Waals surface area contributed by atoms with Crippen LogP contribution in [0.15, 0.2) is 24.3 Å². The van der Waals surface area contributed by atoms with E-state index in [0.29, 0.717) is 17.7 Å². The van der Waals surface area contributed by atoms with E-state index in [1.54, 1.807) is 0 Å². The monoisotopic (exact) mass is 339 g/mol.